The van der Waals surface area contributed by atoms with Gasteiger partial charge in [-0.2, -0.15) is 0 Å². The van der Waals surface area contributed by atoms with Gasteiger partial charge in [-0.25, -0.2) is 10.1 Å². The largest absolute Gasteiger partial charge is 0.599 e. The van der Waals surface area contributed by atoms with E-state index in [1.807, 2.05) is 0 Å². The Morgan fingerprint density at radius 3 is 2.26 bits per heavy atom. The van der Waals surface area contributed by atoms with Crippen LogP contribution >= 0.6 is 0 Å². The molecule has 0 aliphatic heterocycles. The van der Waals surface area contributed by atoms with Crippen LogP contribution in [-0.4, -0.2) is 47.9 Å². The number of hydroxylamine groups is 2. The molecule has 0 aromatic carbocycles. The maximum absolute atomic E-state index is 11.6. The second kappa shape index (κ2) is 8.05. The van der Waals surface area contributed by atoms with E-state index in [1.165, 1.54) is 6.92 Å². The number of aliphatic carboxylic acids is 1. The molecule has 0 radical (unpaired) electrons. The van der Waals surface area contributed by atoms with Crippen molar-refractivity contribution >= 4 is 11.9 Å². The van der Waals surface area contributed by atoms with Gasteiger partial charge in [0.1, 0.15) is 0 Å². The summed E-state index contributed by atoms with van der Waals surface area (Å²) >= 11 is 0. The molecular formula is C11H22N2O6. The normalized spacial score (nSPS) is 17.6. The van der Waals surface area contributed by atoms with E-state index in [0.717, 1.165) is 7.11 Å². The van der Waals surface area contributed by atoms with Gasteiger partial charge in [-0.3, -0.25) is 9.59 Å². The van der Waals surface area contributed by atoms with Crippen molar-refractivity contribution in [2.45, 2.75) is 32.9 Å². The van der Waals surface area contributed by atoms with Crippen LogP contribution in [0.1, 0.15) is 20.8 Å². The van der Waals surface area contributed by atoms with Crippen LogP contribution in [0, 0.1) is 17.0 Å². The molecule has 0 aliphatic carbocycles. The summed E-state index contributed by atoms with van der Waals surface area (Å²) in [6.45, 7) is 4.37. The molecule has 112 valence electrons. The van der Waals surface area contributed by atoms with Gasteiger partial charge >= 0.3 is 5.97 Å². The first-order valence-electron chi connectivity index (χ1n) is 5.97. The van der Waals surface area contributed by atoms with Crippen molar-refractivity contribution in [2.75, 3.05) is 13.7 Å². The quantitative estimate of drug-likeness (QED) is 0.387. The number of rotatable bonds is 8. The van der Waals surface area contributed by atoms with E-state index in [4.69, 9.17) is 5.11 Å². The molecule has 19 heavy (non-hydrogen) atoms. The second-order valence-corrected chi connectivity index (χ2v) is 4.71. The van der Waals surface area contributed by atoms with Gasteiger partial charge in [0.25, 0.3) is 5.91 Å². The minimum Gasteiger partial charge on any atom is -0.599 e. The molecule has 0 spiro atoms. The zero-order chi connectivity index (χ0) is 15.2. The van der Waals surface area contributed by atoms with Crippen molar-refractivity contribution in [2.24, 2.45) is 11.8 Å². The van der Waals surface area contributed by atoms with E-state index in [-0.39, 0.29) is 5.92 Å². The van der Waals surface area contributed by atoms with Gasteiger partial charge in [0.05, 0.1) is 25.2 Å². The van der Waals surface area contributed by atoms with Gasteiger partial charge in [-0.15, -0.1) is 0 Å². The van der Waals surface area contributed by atoms with Gasteiger partial charge in [0.15, 0.2) is 6.54 Å². The number of carbonyl (C=O) groups is 2. The van der Waals surface area contributed by atoms with Crippen LogP contribution in [0.15, 0.2) is 0 Å². The van der Waals surface area contributed by atoms with Crippen LogP contribution in [0.5, 0.6) is 0 Å². The Morgan fingerprint density at radius 1 is 1.37 bits per heavy atom. The summed E-state index contributed by atoms with van der Waals surface area (Å²) in [5.74, 6) is -2.97. The minimum atomic E-state index is -1.24. The van der Waals surface area contributed by atoms with Crippen LogP contribution in [0.2, 0.25) is 0 Å². The molecule has 0 bridgehead atoms. The van der Waals surface area contributed by atoms with E-state index in [0.29, 0.717) is 0 Å². The van der Waals surface area contributed by atoms with E-state index in [9.17, 15) is 19.9 Å². The molecule has 4 N–H and O–H groups in total. The van der Waals surface area contributed by atoms with Gasteiger partial charge in [-0.1, -0.05) is 13.8 Å². The summed E-state index contributed by atoms with van der Waals surface area (Å²) in [6, 6.07) is -0.747. The minimum absolute atomic E-state index is 0.182. The Labute approximate surface area is 111 Å². The molecule has 0 saturated carbocycles. The summed E-state index contributed by atoms with van der Waals surface area (Å²) in [5, 5.41) is 31.5. The second-order valence-electron chi connectivity index (χ2n) is 4.71. The first kappa shape index (κ1) is 17.8. The van der Waals surface area contributed by atoms with E-state index in [1.54, 1.807) is 13.8 Å². The Hall–Kier alpha value is -1.22. The average Bonchev–Trinajstić information content (AvgIpc) is 2.33. The zero-order valence-corrected chi connectivity index (χ0v) is 11.5. The van der Waals surface area contributed by atoms with Crippen LogP contribution in [0.4, 0.5) is 0 Å². The number of hydrogen-bond donors (Lipinski definition) is 4. The lowest BCUT2D eigenvalue weighted by Gasteiger charge is -2.30. The first-order chi connectivity index (χ1) is 8.70. The van der Waals surface area contributed by atoms with Crippen molar-refractivity contribution in [3.63, 3.8) is 0 Å². The number of aliphatic hydroxyl groups is 1. The third kappa shape index (κ3) is 5.97. The maximum Gasteiger partial charge on any atom is 0.308 e. The fourth-order valence-electron chi connectivity index (χ4n) is 1.54. The van der Waals surface area contributed by atoms with E-state index in [2.05, 4.69) is 10.2 Å². The molecule has 0 heterocycles. The molecule has 0 saturated heterocycles. The number of carboxylic acids is 1. The average molecular weight is 278 g/mol. The number of quaternary nitrogens is 1. The van der Waals surface area contributed by atoms with Crippen molar-refractivity contribution in [3.8, 4) is 0 Å². The third-order valence-electron chi connectivity index (χ3n) is 2.85. The van der Waals surface area contributed by atoms with Gasteiger partial charge in [0.2, 0.25) is 0 Å². The number of nitrogens with one attached hydrogen (secondary N) is 2. The van der Waals surface area contributed by atoms with Crippen molar-refractivity contribution in [1.29, 1.82) is 0 Å². The highest BCUT2D eigenvalue weighted by atomic mass is 16.9. The topological polar surface area (TPSA) is 123 Å². The summed E-state index contributed by atoms with van der Waals surface area (Å²) in [5.41, 5.74) is 0. The van der Waals surface area contributed by atoms with E-state index >= 15 is 0 Å². The lowest BCUT2D eigenvalue weighted by Crippen LogP contribution is -3.07. The van der Waals surface area contributed by atoms with Crippen LogP contribution in [0.25, 0.3) is 0 Å². The Balaban J connectivity index is 4.66. The molecule has 4 atom stereocenters. The Kier molecular flexibility index (Phi) is 7.53. The van der Waals surface area contributed by atoms with Crippen LogP contribution in [-0.2, 0) is 14.4 Å². The standard InChI is InChI=1S/C11H22N2O6/c1-6(2)9(10(15)7(3)11(16)17)12-8(14)5-13(18)19-4/h6-7,9-10,13,15H,5H2,1-4H3,(H,12,14)(H,16,17). The van der Waals surface area contributed by atoms with Crippen molar-refractivity contribution in [1.82, 2.24) is 5.32 Å². The summed E-state index contributed by atoms with van der Waals surface area (Å²) in [4.78, 5) is 26.7. The molecule has 0 aliphatic rings. The molecule has 4 unspecified atom stereocenters. The third-order valence-corrected chi connectivity index (χ3v) is 2.85. The summed E-state index contributed by atoms with van der Waals surface area (Å²) in [6.07, 6.45) is -1.24. The molecule has 0 rings (SSSR count). The highest BCUT2D eigenvalue weighted by Gasteiger charge is 2.32. The highest BCUT2D eigenvalue weighted by Crippen LogP contribution is 2.14. The zero-order valence-electron chi connectivity index (χ0n) is 11.5. The smallest absolute Gasteiger partial charge is 0.308 e. The summed E-state index contributed by atoms with van der Waals surface area (Å²) < 4.78 is 0. The van der Waals surface area contributed by atoms with Gasteiger partial charge < -0.3 is 20.7 Å². The predicted octanol–water partition coefficient (Wildman–Crippen LogP) is -1.85. The van der Waals surface area contributed by atoms with Crippen molar-refractivity contribution < 1.29 is 29.9 Å². The number of carboxylic acid groups (broad SMARTS) is 1. The lowest BCUT2D eigenvalue weighted by atomic mass is 9.90. The number of aliphatic hydroxyl groups excluding tert-OH is 1. The molecule has 0 aromatic heterocycles. The molecule has 1 amide bonds. The SMILES string of the molecule is CO[NH+]([O-])CC(=O)NC(C(C)C)C(O)C(C)C(=O)O. The Bertz CT molecular complexity index is 310. The number of amides is 1. The summed E-state index contributed by atoms with van der Waals surface area (Å²) in [7, 11) is 1.16. The predicted molar refractivity (Wildman–Crippen MR) is 65.8 cm³/mol. The lowest BCUT2D eigenvalue weighted by molar-refractivity contribution is -1.04. The Morgan fingerprint density at radius 2 is 1.89 bits per heavy atom. The molecule has 8 heteroatoms. The monoisotopic (exact) mass is 278 g/mol. The maximum atomic E-state index is 11.6. The molecule has 8 nitrogen and oxygen atoms in total. The van der Waals surface area contributed by atoms with E-state index < -0.39 is 41.7 Å². The first-order valence-corrected chi connectivity index (χ1v) is 5.97. The molecule has 0 aromatic rings. The fourth-order valence-corrected chi connectivity index (χ4v) is 1.54. The number of hydrogen-bond acceptors (Lipinski definition) is 5. The fraction of sp³-hybridized carbons (Fsp3) is 0.818. The van der Waals surface area contributed by atoms with Crippen LogP contribution < -0.4 is 10.5 Å². The molecular weight excluding hydrogens is 256 g/mol. The van der Waals surface area contributed by atoms with Gasteiger partial charge in [-0.05, 0) is 12.8 Å². The number of carbonyl (C=O) groups excluding carboxylic acids is 1. The van der Waals surface area contributed by atoms with Crippen LogP contribution in [0.3, 0.4) is 0 Å². The van der Waals surface area contributed by atoms with Gasteiger partial charge in [0, 0.05) is 0 Å². The highest BCUT2D eigenvalue weighted by molar-refractivity contribution is 5.77. The van der Waals surface area contributed by atoms with Crippen molar-refractivity contribution in [3.05, 3.63) is 5.21 Å². The molecule has 0 fully saturated rings.